The first-order chi connectivity index (χ1) is 13.9. The molecule has 2 N–H and O–H groups in total. The number of para-hydroxylation sites is 1. The molecule has 0 aliphatic carbocycles. The molecule has 0 saturated carbocycles. The summed E-state index contributed by atoms with van der Waals surface area (Å²) in [5, 5.41) is 6.39. The number of furan rings is 1. The maximum Gasteiger partial charge on any atom is 0.341 e. The highest BCUT2D eigenvalue weighted by Crippen LogP contribution is 2.34. The third kappa shape index (κ3) is 4.38. The van der Waals surface area contributed by atoms with Crippen LogP contribution in [0.25, 0.3) is 17.0 Å². The zero-order valence-electron chi connectivity index (χ0n) is 16.2. The molecule has 0 atom stereocenters. The van der Waals surface area contributed by atoms with Crippen LogP contribution in [0.1, 0.15) is 38.3 Å². The summed E-state index contributed by atoms with van der Waals surface area (Å²) in [6.07, 6.45) is 2.85. The zero-order valence-corrected chi connectivity index (χ0v) is 17.0. The fourth-order valence-electron chi connectivity index (χ4n) is 2.78. The first kappa shape index (κ1) is 20.3. The topological polar surface area (TPSA) is 97.6 Å². The third-order valence-electron chi connectivity index (χ3n) is 4.14. The number of benzene rings is 1. The van der Waals surface area contributed by atoms with Gasteiger partial charge >= 0.3 is 5.97 Å². The Kier molecular flexibility index (Phi) is 6.13. The van der Waals surface area contributed by atoms with E-state index in [0.29, 0.717) is 16.2 Å². The zero-order chi connectivity index (χ0) is 21.0. The third-order valence-corrected chi connectivity index (χ3v) is 5.35. The molecule has 3 rings (SSSR count). The van der Waals surface area contributed by atoms with Gasteiger partial charge < -0.3 is 19.8 Å². The van der Waals surface area contributed by atoms with Crippen LogP contribution in [0, 0.1) is 6.92 Å². The fourth-order valence-corrected chi connectivity index (χ4v) is 3.92. The van der Waals surface area contributed by atoms with Crippen molar-refractivity contribution in [3.05, 3.63) is 58.2 Å². The Balaban J connectivity index is 1.84. The number of thiophene rings is 1. The molecule has 0 bridgehead atoms. The van der Waals surface area contributed by atoms with Crippen molar-refractivity contribution in [1.82, 2.24) is 5.32 Å². The van der Waals surface area contributed by atoms with Crippen LogP contribution in [0.15, 0.2) is 40.8 Å². The van der Waals surface area contributed by atoms with E-state index in [0.717, 1.165) is 22.3 Å². The van der Waals surface area contributed by atoms with Gasteiger partial charge in [-0.2, -0.15) is 0 Å². The second-order valence-electron chi connectivity index (χ2n) is 6.07. The van der Waals surface area contributed by atoms with Crippen molar-refractivity contribution in [3.8, 4) is 0 Å². The highest BCUT2D eigenvalue weighted by molar-refractivity contribution is 7.18. The molecule has 2 amide bonds. The molecule has 3 aromatic rings. The number of ether oxygens (including phenoxy) is 1. The number of carbonyl (C=O) groups is 3. The van der Waals surface area contributed by atoms with E-state index < -0.39 is 11.9 Å². The van der Waals surface area contributed by atoms with Crippen LogP contribution >= 0.6 is 11.3 Å². The van der Waals surface area contributed by atoms with Crippen LogP contribution in [0.2, 0.25) is 0 Å². The minimum Gasteiger partial charge on any atom is -0.462 e. The molecule has 0 fully saturated rings. The maximum absolute atomic E-state index is 12.4. The number of nitrogens with one attached hydrogen (secondary N) is 2. The van der Waals surface area contributed by atoms with E-state index in [1.165, 1.54) is 13.1 Å². The van der Waals surface area contributed by atoms with E-state index in [-0.39, 0.29) is 23.1 Å². The maximum atomic E-state index is 12.4. The van der Waals surface area contributed by atoms with E-state index in [1.807, 2.05) is 30.3 Å². The molecule has 0 radical (unpaired) electrons. The van der Waals surface area contributed by atoms with Crippen LogP contribution in [0.4, 0.5) is 5.00 Å². The van der Waals surface area contributed by atoms with E-state index in [2.05, 4.69) is 10.6 Å². The lowest BCUT2D eigenvalue weighted by Crippen LogP contribution is -2.17. The van der Waals surface area contributed by atoms with Crippen LogP contribution in [0.5, 0.6) is 0 Å². The molecule has 8 heteroatoms. The summed E-state index contributed by atoms with van der Waals surface area (Å²) in [5.41, 5.74) is 1.37. The molecule has 0 saturated heterocycles. The standard InChI is InChI=1S/C21H20N2O5S/c1-4-27-21(26)17-12(2)18(19(25)22-3)29-20(17)23-16(24)10-9-14-11-13-7-5-6-8-15(13)28-14/h5-11H,4H2,1-3H3,(H,22,25)(H,23,24)/b10-9+. The van der Waals surface area contributed by atoms with Crippen molar-refractivity contribution in [2.75, 3.05) is 19.0 Å². The fraction of sp³-hybridized carbons (Fsp3) is 0.190. The Hall–Kier alpha value is -3.39. The number of amides is 2. The molecule has 1 aromatic carbocycles. The number of fused-ring (bicyclic) bond motifs is 1. The average molecular weight is 412 g/mol. The molecule has 0 spiro atoms. The van der Waals surface area contributed by atoms with Crippen LogP contribution in [-0.4, -0.2) is 31.4 Å². The molecule has 0 aliphatic rings. The number of carbonyl (C=O) groups excluding carboxylic acids is 3. The summed E-state index contributed by atoms with van der Waals surface area (Å²) < 4.78 is 10.7. The van der Waals surface area contributed by atoms with Gasteiger partial charge in [0.2, 0.25) is 5.91 Å². The van der Waals surface area contributed by atoms with Crippen molar-refractivity contribution in [1.29, 1.82) is 0 Å². The highest BCUT2D eigenvalue weighted by Gasteiger charge is 2.25. The summed E-state index contributed by atoms with van der Waals surface area (Å²) in [6.45, 7) is 3.52. The lowest BCUT2D eigenvalue weighted by Gasteiger charge is -2.05. The summed E-state index contributed by atoms with van der Waals surface area (Å²) >= 11 is 1.02. The molecule has 0 aliphatic heterocycles. The van der Waals surface area contributed by atoms with Gasteiger partial charge in [-0.3, -0.25) is 9.59 Å². The highest BCUT2D eigenvalue weighted by atomic mass is 32.1. The molecule has 2 heterocycles. The largest absolute Gasteiger partial charge is 0.462 e. The molecular formula is C21H20N2O5S. The molecule has 150 valence electrons. The van der Waals surface area contributed by atoms with E-state index in [1.54, 1.807) is 19.9 Å². The smallest absolute Gasteiger partial charge is 0.341 e. The lowest BCUT2D eigenvalue weighted by molar-refractivity contribution is -0.111. The van der Waals surface area contributed by atoms with Gasteiger partial charge in [-0.05, 0) is 37.6 Å². The van der Waals surface area contributed by atoms with Gasteiger partial charge in [0.05, 0.1) is 17.0 Å². The number of rotatable bonds is 6. The number of esters is 1. The van der Waals surface area contributed by atoms with Crippen LogP contribution in [0.3, 0.4) is 0 Å². The molecule has 0 unspecified atom stereocenters. The Labute approximate surface area is 171 Å². The Morgan fingerprint density at radius 1 is 1.24 bits per heavy atom. The Morgan fingerprint density at radius 2 is 2.00 bits per heavy atom. The van der Waals surface area contributed by atoms with E-state index in [9.17, 15) is 14.4 Å². The monoisotopic (exact) mass is 412 g/mol. The minimum atomic E-state index is -0.590. The van der Waals surface area contributed by atoms with Crippen molar-refractivity contribution >= 4 is 51.2 Å². The van der Waals surface area contributed by atoms with Crippen LogP contribution < -0.4 is 10.6 Å². The minimum absolute atomic E-state index is 0.181. The molecule has 29 heavy (non-hydrogen) atoms. The summed E-state index contributed by atoms with van der Waals surface area (Å²) in [6, 6.07) is 9.34. The summed E-state index contributed by atoms with van der Waals surface area (Å²) in [7, 11) is 1.50. The van der Waals surface area contributed by atoms with Crippen molar-refractivity contribution < 1.29 is 23.5 Å². The SMILES string of the molecule is CCOC(=O)c1c(NC(=O)/C=C/c2cc3ccccc3o2)sc(C(=O)NC)c1C. The first-order valence-electron chi connectivity index (χ1n) is 8.94. The Bertz CT molecular complexity index is 1080. The second-order valence-corrected chi connectivity index (χ2v) is 7.09. The van der Waals surface area contributed by atoms with Gasteiger partial charge in [0.25, 0.3) is 5.91 Å². The number of hydrogen-bond acceptors (Lipinski definition) is 6. The van der Waals surface area contributed by atoms with Crippen molar-refractivity contribution in [2.24, 2.45) is 0 Å². The summed E-state index contributed by atoms with van der Waals surface area (Å²) in [5.74, 6) is -0.856. The predicted octanol–water partition coefficient (Wildman–Crippen LogP) is 3.99. The summed E-state index contributed by atoms with van der Waals surface area (Å²) in [4.78, 5) is 37.2. The molecule has 7 nitrogen and oxygen atoms in total. The van der Waals surface area contributed by atoms with Gasteiger partial charge in [-0.25, -0.2) is 4.79 Å². The van der Waals surface area contributed by atoms with Gasteiger partial charge in [-0.15, -0.1) is 11.3 Å². The predicted molar refractivity (Wildman–Crippen MR) is 112 cm³/mol. The van der Waals surface area contributed by atoms with Crippen molar-refractivity contribution in [3.63, 3.8) is 0 Å². The van der Waals surface area contributed by atoms with Crippen molar-refractivity contribution in [2.45, 2.75) is 13.8 Å². The number of hydrogen-bond donors (Lipinski definition) is 2. The van der Waals surface area contributed by atoms with Gasteiger partial charge in [0, 0.05) is 18.5 Å². The van der Waals surface area contributed by atoms with Gasteiger partial charge in [0.15, 0.2) is 0 Å². The van der Waals surface area contributed by atoms with Gasteiger partial charge in [-0.1, -0.05) is 18.2 Å². The molecular weight excluding hydrogens is 392 g/mol. The normalized spacial score (nSPS) is 11.0. The molecule has 2 aromatic heterocycles. The quantitative estimate of drug-likeness (QED) is 0.471. The van der Waals surface area contributed by atoms with E-state index in [4.69, 9.17) is 9.15 Å². The lowest BCUT2D eigenvalue weighted by atomic mass is 10.1. The second kappa shape index (κ2) is 8.74. The average Bonchev–Trinajstić information content (AvgIpc) is 3.26. The first-order valence-corrected chi connectivity index (χ1v) is 9.76. The van der Waals surface area contributed by atoms with E-state index >= 15 is 0 Å². The number of anilines is 1. The Morgan fingerprint density at radius 3 is 2.69 bits per heavy atom. The van der Waals surface area contributed by atoms with Crippen LogP contribution in [-0.2, 0) is 9.53 Å². The van der Waals surface area contributed by atoms with Gasteiger partial charge in [0.1, 0.15) is 16.3 Å².